The lowest BCUT2D eigenvalue weighted by molar-refractivity contribution is 1.60. The van der Waals surface area contributed by atoms with Gasteiger partial charge in [-0.2, -0.15) is 0 Å². The molecule has 0 saturated carbocycles. The molecule has 0 aliphatic rings. The van der Waals surface area contributed by atoms with Crippen LogP contribution in [-0.4, -0.2) is 0 Å². The fourth-order valence-electron chi connectivity index (χ4n) is 9.85. The van der Waals surface area contributed by atoms with Crippen molar-refractivity contribution in [2.45, 2.75) is 0 Å². The quantitative estimate of drug-likeness (QED) is 0.153. The van der Waals surface area contributed by atoms with Gasteiger partial charge in [0.1, 0.15) is 0 Å². The van der Waals surface area contributed by atoms with E-state index in [1.165, 1.54) is 120 Å². The standard InChI is InChI=1S/C60H38/c1-3-15-45-37-47(35-29-39(45)13-1)59-53-21-9-5-17-49(53)57(50-18-6-10-22-54(50)59)43-31-25-41(26-32-43)42-27-33-44(34-28-42)58-51-19-7-11-23-55(51)60(56-24-12-8-20-52(56)58)48-36-30-40-14-2-4-16-46(40)38-48/h1-38H. The van der Waals surface area contributed by atoms with Crippen molar-refractivity contribution < 1.29 is 0 Å². The van der Waals surface area contributed by atoms with Crippen molar-refractivity contribution in [1.29, 1.82) is 0 Å². The number of rotatable bonds is 5. The van der Waals surface area contributed by atoms with Gasteiger partial charge < -0.3 is 0 Å². The summed E-state index contributed by atoms with van der Waals surface area (Å²) in [5.41, 5.74) is 12.5. The Morgan fingerprint density at radius 3 is 0.667 bits per heavy atom. The van der Waals surface area contributed by atoms with Gasteiger partial charge in [0.05, 0.1) is 0 Å². The second-order valence-electron chi connectivity index (χ2n) is 16.0. The summed E-state index contributed by atoms with van der Waals surface area (Å²) in [5.74, 6) is 0. The molecule has 12 rings (SSSR count). The summed E-state index contributed by atoms with van der Waals surface area (Å²) in [6, 6.07) is 85.0. The van der Waals surface area contributed by atoms with Crippen molar-refractivity contribution in [1.82, 2.24) is 0 Å². The molecule has 12 aromatic rings. The van der Waals surface area contributed by atoms with Gasteiger partial charge in [0.15, 0.2) is 0 Å². The van der Waals surface area contributed by atoms with Crippen molar-refractivity contribution in [3.8, 4) is 55.6 Å². The van der Waals surface area contributed by atoms with Gasteiger partial charge in [-0.25, -0.2) is 0 Å². The smallest absolute Gasteiger partial charge is 0.00262 e. The van der Waals surface area contributed by atoms with E-state index in [0.717, 1.165) is 0 Å². The van der Waals surface area contributed by atoms with Crippen LogP contribution < -0.4 is 0 Å². The van der Waals surface area contributed by atoms with Gasteiger partial charge in [0, 0.05) is 0 Å². The molecule has 0 aliphatic heterocycles. The topological polar surface area (TPSA) is 0 Å². The van der Waals surface area contributed by atoms with Gasteiger partial charge in [0.25, 0.3) is 0 Å². The average molecular weight is 759 g/mol. The van der Waals surface area contributed by atoms with Crippen molar-refractivity contribution in [3.63, 3.8) is 0 Å². The second kappa shape index (κ2) is 13.9. The Hall–Kier alpha value is -7.80. The number of hydrogen-bond acceptors (Lipinski definition) is 0. The Morgan fingerprint density at radius 1 is 0.150 bits per heavy atom. The molecule has 0 spiro atoms. The number of hydrogen-bond donors (Lipinski definition) is 0. The first kappa shape index (κ1) is 34.3. The molecule has 12 aromatic carbocycles. The maximum absolute atomic E-state index is 2.34. The predicted octanol–water partition coefficient (Wildman–Crippen LogP) is 16.9. The minimum Gasteiger partial charge on any atom is -0.0616 e. The molecule has 60 heavy (non-hydrogen) atoms. The van der Waals surface area contributed by atoms with Crippen LogP contribution in [0.5, 0.6) is 0 Å². The highest BCUT2D eigenvalue weighted by Crippen LogP contribution is 2.46. The molecule has 0 atom stereocenters. The van der Waals surface area contributed by atoms with E-state index in [9.17, 15) is 0 Å². The summed E-state index contributed by atoms with van der Waals surface area (Å²) in [7, 11) is 0. The number of benzene rings is 12. The van der Waals surface area contributed by atoms with Gasteiger partial charge in [-0.1, -0.05) is 218 Å². The molecule has 0 aliphatic carbocycles. The van der Waals surface area contributed by atoms with E-state index in [1.807, 2.05) is 0 Å². The Kier molecular flexibility index (Phi) is 7.96. The molecule has 0 amide bonds. The first-order chi connectivity index (χ1) is 29.8. The van der Waals surface area contributed by atoms with E-state index >= 15 is 0 Å². The van der Waals surface area contributed by atoms with Crippen LogP contribution in [0, 0.1) is 0 Å². The van der Waals surface area contributed by atoms with Gasteiger partial charge in [-0.3, -0.25) is 0 Å². The van der Waals surface area contributed by atoms with Gasteiger partial charge in [-0.05, 0) is 132 Å². The zero-order valence-corrected chi connectivity index (χ0v) is 32.9. The van der Waals surface area contributed by atoms with Crippen molar-refractivity contribution in [2.24, 2.45) is 0 Å². The molecule has 0 aromatic heterocycles. The van der Waals surface area contributed by atoms with Gasteiger partial charge in [-0.15, -0.1) is 0 Å². The minimum absolute atomic E-state index is 1.20. The zero-order valence-electron chi connectivity index (χ0n) is 32.9. The summed E-state index contributed by atoms with van der Waals surface area (Å²) in [5, 5.41) is 15.2. The summed E-state index contributed by atoms with van der Waals surface area (Å²) >= 11 is 0. The molecular weight excluding hydrogens is 721 g/mol. The summed E-state index contributed by atoms with van der Waals surface area (Å²) in [6.07, 6.45) is 0. The fourth-order valence-corrected chi connectivity index (χ4v) is 9.85. The van der Waals surface area contributed by atoms with Crippen LogP contribution in [0.1, 0.15) is 0 Å². The normalized spacial score (nSPS) is 11.7. The van der Waals surface area contributed by atoms with Crippen molar-refractivity contribution >= 4 is 64.6 Å². The highest BCUT2D eigenvalue weighted by molar-refractivity contribution is 6.23. The molecule has 0 heterocycles. The highest BCUT2D eigenvalue weighted by atomic mass is 14.2. The third-order valence-electron chi connectivity index (χ3n) is 12.6. The van der Waals surface area contributed by atoms with Crippen LogP contribution >= 0.6 is 0 Å². The molecule has 0 N–H and O–H groups in total. The molecule has 0 unspecified atom stereocenters. The third kappa shape index (κ3) is 5.53. The van der Waals surface area contributed by atoms with E-state index < -0.39 is 0 Å². The van der Waals surface area contributed by atoms with E-state index in [-0.39, 0.29) is 0 Å². The second-order valence-corrected chi connectivity index (χ2v) is 16.0. The van der Waals surface area contributed by atoms with Crippen LogP contribution in [0.25, 0.3) is 120 Å². The fraction of sp³-hybridized carbons (Fsp3) is 0. The molecule has 0 saturated heterocycles. The molecular formula is C60H38. The van der Waals surface area contributed by atoms with E-state index in [0.29, 0.717) is 0 Å². The van der Waals surface area contributed by atoms with Gasteiger partial charge >= 0.3 is 0 Å². The Balaban J connectivity index is 0.946. The Bertz CT molecular complexity index is 3270. The maximum atomic E-state index is 2.34. The Labute approximate surface area is 349 Å². The lowest BCUT2D eigenvalue weighted by atomic mass is 9.85. The molecule has 0 bridgehead atoms. The first-order valence-corrected chi connectivity index (χ1v) is 20.8. The van der Waals surface area contributed by atoms with Gasteiger partial charge in [0.2, 0.25) is 0 Å². The van der Waals surface area contributed by atoms with Crippen LogP contribution in [0.3, 0.4) is 0 Å². The van der Waals surface area contributed by atoms with Crippen LogP contribution in [0.4, 0.5) is 0 Å². The SMILES string of the molecule is c1ccc2cc(-c3c4ccccc4c(-c4ccc(-c5ccc(-c6c7ccccc7c(-c7ccc8ccccc8c7)c7ccccc67)cc5)cc4)c4ccccc34)ccc2c1. The molecule has 0 nitrogen and oxygen atoms in total. The summed E-state index contributed by atoms with van der Waals surface area (Å²) < 4.78 is 0. The van der Waals surface area contributed by atoms with E-state index in [4.69, 9.17) is 0 Å². The molecule has 0 fully saturated rings. The summed E-state index contributed by atoms with van der Waals surface area (Å²) in [4.78, 5) is 0. The molecule has 278 valence electrons. The third-order valence-corrected chi connectivity index (χ3v) is 12.6. The van der Waals surface area contributed by atoms with Crippen LogP contribution in [-0.2, 0) is 0 Å². The van der Waals surface area contributed by atoms with Crippen molar-refractivity contribution in [3.05, 3.63) is 231 Å². The Morgan fingerprint density at radius 2 is 0.367 bits per heavy atom. The zero-order chi connectivity index (χ0) is 39.6. The predicted molar refractivity (Wildman–Crippen MR) is 259 cm³/mol. The molecule has 0 heteroatoms. The maximum Gasteiger partial charge on any atom is -0.00262 e. The monoisotopic (exact) mass is 758 g/mol. The van der Waals surface area contributed by atoms with Crippen molar-refractivity contribution in [2.75, 3.05) is 0 Å². The van der Waals surface area contributed by atoms with Crippen LogP contribution in [0.2, 0.25) is 0 Å². The highest BCUT2D eigenvalue weighted by Gasteiger charge is 2.19. The summed E-state index contributed by atoms with van der Waals surface area (Å²) in [6.45, 7) is 0. The van der Waals surface area contributed by atoms with Crippen LogP contribution in [0.15, 0.2) is 231 Å². The van der Waals surface area contributed by atoms with E-state index in [2.05, 4.69) is 231 Å². The van der Waals surface area contributed by atoms with E-state index in [1.54, 1.807) is 0 Å². The lowest BCUT2D eigenvalue weighted by Gasteiger charge is -2.18. The lowest BCUT2D eigenvalue weighted by Crippen LogP contribution is -1.91. The molecule has 0 radical (unpaired) electrons. The number of fused-ring (bicyclic) bond motifs is 6. The first-order valence-electron chi connectivity index (χ1n) is 20.8. The minimum atomic E-state index is 1.20. The largest absolute Gasteiger partial charge is 0.0616 e. The average Bonchev–Trinajstić information content (AvgIpc) is 3.32.